The smallest absolute Gasteiger partial charge is 0.222 e. The fraction of sp³-hybridized carbons (Fsp3) is 0.308. The lowest BCUT2D eigenvalue weighted by atomic mass is 10.1. The molecule has 5 heteroatoms. The molecule has 2 aromatic rings. The Balaban J connectivity index is 2.11. The van der Waals surface area contributed by atoms with Gasteiger partial charge in [-0.15, -0.1) is 0 Å². The second-order valence-corrected chi connectivity index (χ2v) is 4.07. The minimum atomic E-state index is 0.286. The molecular formula is C13H17N5. The highest BCUT2D eigenvalue weighted by molar-refractivity contribution is 5.41. The van der Waals surface area contributed by atoms with Crippen molar-refractivity contribution in [1.29, 1.82) is 0 Å². The predicted molar refractivity (Wildman–Crippen MR) is 72.1 cm³/mol. The van der Waals surface area contributed by atoms with Gasteiger partial charge in [0.15, 0.2) is 0 Å². The van der Waals surface area contributed by atoms with Crippen LogP contribution in [0.4, 0.5) is 11.8 Å². The third-order valence-electron chi connectivity index (χ3n) is 2.67. The van der Waals surface area contributed by atoms with Gasteiger partial charge in [0.1, 0.15) is 5.82 Å². The summed E-state index contributed by atoms with van der Waals surface area (Å²) in [6.07, 6.45) is 2.77. The molecule has 0 aliphatic carbocycles. The van der Waals surface area contributed by atoms with Crippen LogP contribution in [0.15, 0.2) is 24.4 Å². The molecule has 0 saturated carbocycles. The number of aryl methyl sites for hydroxylation is 2. The van der Waals surface area contributed by atoms with Crippen LogP contribution in [0.25, 0.3) is 0 Å². The molecule has 3 N–H and O–H groups in total. The third kappa shape index (κ3) is 2.94. The molecule has 0 saturated heterocycles. The van der Waals surface area contributed by atoms with E-state index in [-0.39, 0.29) is 5.95 Å². The number of nitrogens with one attached hydrogen (secondary N) is 1. The van der Waals surface area contributed by atoms with Crippen LogP contribution in [0.2, 0.25) is 0 Å². The Morgan fingerprint density at radius 3 is 2.89 bits per heavy atom. The van der Waals surface area contributed by atoms with E-state index in [0.29, 0.717) is 6.54 Å². The number of hydrogen-bond donors (Lipinski definition) is 2. The van der Waals surface area contributed by atoms with Gasteiger partial charge in [0.2, 0.25) is 5.95 Å². The molecule has 0 amide bonds. The number of pyridine rings is 1. The predicted octanol–water partition coefficient (Wildman–Crippen LogP) is 1.94. The molecule has 94 valence electrons. The van der Waals surface area contributed by atoms with Crippen molar-refractivity contribution < 1.29 is 0 Å². The van der Waals surface area contributed by atoms with Gasteiger partial charge >= 0.3 is 0 Å². The zero-order chi connectivity index (χ0) is 13.0. The van der Waals surface area contributed by atoms with E-state index >= 15 is 0 Å². The molecule has 0 radical (unpaired) electrons. The fourth-order valence-corrected chi connectivity index (χ4v) is 1.81. The monoisotopic (exact) mass is 243 g/mol. The van der Waals surface area contributed by atoms with Crippen LogP contribution in [0.3, 0.4) is 0 Å². The highest BCUT2D eigenvalue weighted by Gasteiger charge is 2.03. The Bertz CT molecular complexity index is 518. The van der Waals surface area contributed by atoms with Crippen molar-refractivity contribution in [2.24, 2.45) is 0 Å². The maximum Gasteiger partial charge on any atom is 0.222 e. The summed E-state index contributed by atoms with van der Waals surface area (Å²) >= 11 is 0. The van der Waals surface area contributed by atoms with Gasteiger partial charge in [-0.25, -0.2) is 4.98 Å². The third-order valence-corrected chi connectivity index (χ3v) is 2.67. The van der Waals surface area contributed by atoms with Crippen LogP contribution >= 0.6 is 0 Å². The molecule has 0 spiro atoms. The van der Waals surface area contributed by atoms with E-state index in [2.05, 4.69) is 33.3 Å². The first kappa shape index (κ1) is 12.3. The number of anilines is 2. The van der Waals surface area contributed by atoms with Gasteiger partial charge in [0, 0.05) is 18.0 Å². The number of rotatable bonds is 4. The van der Waals surface area contributed by atoms with Gasteiger partial charge in [0.05, 0.1) is 12.2 Å². The minimum Gasteiger partial charge on any atom is -0.368 e. The summed E-state index contributed by atoms with van der Waals surface area (Å²) in [5.74, 6) is 1.02. The summed E-state index contributed by atoms with van der Waals surface area (Å²) in [5.41, 5.74) is 8.73. The van der Waals surface area contributed by atoms with Crippen molar-refractivity contribution in [1.82, 2.24) is 15.0 Å². The normalized spacial score (nSPS) is 10.3. The Hall–Kier alpha value is -2.17. The number of nitrogens with zero attached hydrogens (tertiary/aromatic N) is 3. The van der Waals surface area contributed by atoms with Crippen LogP contribution < -0.4 is 11.1 Å². The van der Waals surface area contributed by atoms with Crippen molar-refractivity contribution in [2.45, 2.75) is 26.8 Å². The molecule has 0 aliphatic heterocycles. The van der Waals surface area contributed by atoms with E-state index in [1.807, 2.05) is 19.1 Å². The van der Waals surface area contributed by atoms with Gasteiger partial charge in [-0.2, -0.15) is 4.98 Å². The van der Waals surface area contributed by atoms with Gasteiger partial charge in [0.25, 0.3) is 0 Å². The highest BCUT2D eigenvalue weighted by atomic mass is 15.1. The Morgan fingerprint density at radius 1 is 1.33 bits per heavy atom. The zero-order valence-electron chi connectivity index (χ0n) is 10.6. The van der Waals surface area contributed by atoms with E-state index in [4.69, 9.17) is 5.73 Å². The molecule has 2 heterocycles. The molecule has 0 aromatic carbocycles. The van der Waals surface area contributed by atoms with E-state index in [9.17, 15) is 0 Å². The quantitative estimate of drug-likeness (QED) is 0.858. The summed E-state index contributed by atoms with van der Waals surface area (Å²) in [6, 6.07) is 5.91. The summed E-state index contributed by atoms with van der Waals surface area (Å²) in [6.45, 7) is 4.65. The number of hydrogen-bond acceptors (Lipinski definition) is 5. The first-order valence-corrected chi connectivity index (χ1v) is 5.97. The number of nitrogens with two attached hydrogens (primary N) is 1. The molecule has 2 aromatic heterocycles. The molecule has 2 rings (SSSR count). The lowest BCUT2D eigenvalue weighted by Crippen LogP contribution is -2.08. The van der Waals surface area contributed by atoms with Gasteiger partial charge in [-0.05, 0) is 25.0 Å². The topological polar surface area (TPSA) is 76.7 Å². The van der Waals surface area contributed by atoms with Crippen LogP contribution in [0, 0.1) is 6.92 Å². The van der Waals surface area contributed by atoms with Crippen LogP contribution in [-0.4, -0.2) is 15.0 Å². The molecular weight excluding hydrogens is 226 g/mol. The fourth-order valence-electron chi connectivity index (χ4n) is 1.81. The van der Waals surface area contributed by atoms with E-state index in [0.717, 1.165) is 23.6 Å². The summed E-state index contributed by atoms with van der Waals surface area (Å²) < 4.78 is 0. The van der Waals surface area contributed by atoms with E-state index in [1.54, 1.807) is 6.20 Å². The zero-order valence-corrected chi connectivity index (χ0v) is 10.6. The van der Waals surface area contributed by atoms with Crippen LogP contribution in [-0.2, 0) is 13.0 Å². The lowest BCUT2D eigenvalue weighted by Gasteiger charge is -2.09. The molecule has 0 bridgehead atoms. The second kappa shape index (κ2) is 5.44. The molecule has 18 heavy (non-hydrogen) atoms. The van der Waals surface area contributed by atoms with Crippen molar-refractivity contribution in [3.8, 4) is 0 Å². The minimum absolute atomic E-state index is 0.286. The Kier molecular flexibility index (Phi) is 3.72. The average molecular weight is 243 g/mol. The van der Waals surface area contributed by atoms with E-state index in [1.165, 1.54) is 5.56 Å². The summed E-state index contributed by atoms with van der Waals surface area (Å²) in [5, 5.41) is 3.22. The molecule has 0 atom stereocenters. The summed E-state index contributed by atoms with van der Waals surface area (Å²) in [7, 11) is 0. The van der Waals surface area contributed by atoms with Crippen LogP contribution in [0.5, 0.6) is 0 Å². The SMILES string of the molecule is CCc1cccnc1CNc1cc(C)nc(N)n1. The van der Waals surface area contributed by atoms with Crippen LogP contribution in [0.1, 0.15) is 23.9 Å². The first-order valence-electron chi connectivity index (χ1n) is 5.97. The Morgan fingerprint density at radius 2 is 2.17 bits per heavy atom. The van der Waals surface area contributed by atoms with Gasteiger partial charge in [-0.3, -0.25) is 4.98 Å². The van der Waals surface area contributed by atoms with Gasteiger partial charge in [-0.1, -0.05) is 13.0 Å². The van der Waals surface area contributed by atoms with Crippen molar-refractivity contribution in [2.75, 3.05) is 11.1 Å². The highest BCUT2D eigenvalue weighted by Crippen LogP contribution is 2.11. The second-order valence-electron chi connectivity index (χ2n) is 4.07. The molecule has 0 unspecified atom stereocenters. The molecule has 0 aliphatic rings. The van der Waals surface area contributed by atoms with E-state index < -0.39 is 0 Å². The number of aromatic nitrogens is 3. The standard InChI is InChI=1S/C13H17N5/c1-3-10-5-4-6-15-11(10)8-16-12-7-9(2)17-13(14)18-12/h4-7H,3,8H2,1-2H3,(H3,14,16,17,18). The maximum atomic E-state index is 5.61. The molecule has 5 nitrogen and oxygen atoms in total. The summed E-state index contributed by atoms with van der Waals surface area (Å²) in [4.78, 5) is 12.5. The maximum absolute atomic E-state index is 5.61. The van der Waals surface area contributed by atoms with Crippen molar-refractivity contribution in [3.63, 3.8) is 0 Å². The lowest BCUT2D eigenvalue weighted by molar-refractivity contribution is 0.960. The van der Waals surface area contributed by atoms with Crippen molar-refractivity contribution >= 4 is 11.8 Å². The molecule has 0 fully saturated rings. The average Bonchev–Trinajstić information content (AvgIpc) is 2.35. The Labute approximate surface area is 106 Å². The number of nitrogen functional groups attached to an aromatic ring is 1. The largest absolute Gasteiger partial charge is 0.368 e. The first-order chi connectivity index (χ1) is 8.69. The van der Waals surface area contributed by atoms with Crippen molar-refractivity contribution in [3.05, 3.63) is 41.3 Å². The van der Waals surface area contributed by atoms with Gasteiger partial charge < -0.3 is 11.1 Å².